The van der Waals surface area contributed by atoms with Gasteiger partial charge in [-0.3, -0.25) is 44.3 Å². The summed E-state index contributed by atoms with van der Waals surface area (Å²) >= 11 is 6.66. The van der Waals surface area contributed by atoms with E-state index in [4.69, 9.17) is 21.3 Å². The number of nitrogens with zero attached hydrogens (tertiary/aromatic N) is 9. The zero-order chi connectivity index (χ0) is 50.7. The SMILES string of the molecule is COc1cc(N2CCC(N3CCN(CC4CCN(c5cc6c(cc5F)C(=O)N(C5CCC(=O)NC5=O)C6=O)CC4)CC3)CC2)c(C2CC2)cc1Nc1ncc(Cl)c(Nc2ccc3nccnc3c2P(C)(C)=O)n1. The van der Waals surface area contributed by atoms with Gasteiger partial charge in [-0.05, 0) is 106 Å². The molecule has 3 N–H and O–H groups in total. The third-order valence-corrected chi connectivity index (χ3v) is 17.3. The number of hydrogen-bond donors (Lipinski definition) is 3. The second-order valence-corrected chi connectivity index (χ2v) is 24.1. The van der Waals surface area contributed by atoms with Gasteiger partial charge in [-0.15, -0.1) is 0 Å². The molecule has 5 aromatic rings. The average molecular weight is 1030 g/mol. The van der Waals surface area contributed by atoms with Crippen molar-refractivity contribution in [2.75, 3.05) is 99.8 Å². The molecule has 382 valence electrons. The Labute approximate surface area is 427 Å². The minimum atomic E-state index is -2.82. The number of imide groups is 2. The molecule has 4 amide bonds. The summed E-state index contributed by atoms with van der Waals surface area (Å²) in [6.45, 7) is 11.6. The summed E-state index contributed by atoms with van der Waals surface area (Å²) in [5, 5.41) is 9.80. The van der Waals surface area contributed by atoms with Crippen LogP contribution in [-0.2, 0) is 14.2 Å². The average Bonchev–Trinajstić information content (AvgIpc) is 4.21. The lowest BCUT2D eigenvalue weighted by Crippen LogP contribution is -2.54. The number of methoxy groups -OCH3 is 1. The predicted molar refractivity (Wildman–Crippen MR) is 278 cm³/mol. The number of fused-ring (bicyclic) bond motifs is 2. The lowest BCUT2D eigenvalue weighted by molar-refractivity contribution is -0.136. The molecule has 1 aliphatic carbocycles. The summed E-state index contributed by atoms with van der Waals surface area (Å²) < 4.78 is 35.2. The molecule has 73 heavy (non-hydrogen) atoms. The van der Waals surface area contributed by atoms with Crippen LogP contribution in [0.25, 0.3) is 11.0 Å². The summed E-state index contributed by atoms with van der Waals surface area (Å²) in [5.74, 6) is -0.734. The number of rotatable bonds is 13. The molecule has 5 aliphatic heterocycles. The van der Waals surface area contributed by atoms with E-state index in [-0.39, 0.29) is 24.0 Å². The number of benzene rings is 3. The Bertz CT molecular complexity index is 3080. The first-order valence-corrected chi connectivity index (χ1v) is 28.3. The number of halogens is 2. The van der Waals surface area contributed by atoms with E-state index in [0.29, 0.717) is 81.2 Å². The predicted octanol–water partition coefficient (Wildman–Crippen LogP) is 6.74. The lowest BCUT2D eigenvalue weighted by Gasteiger charge is -2.44. The van der Waals surface area contributed by atoms with Crippen molar-refractivity contribution in [3.8, 4) is 5.75 Å². The van der Waals surface area contributed by atoms with Crippen molar-refractivity contribution >= 4 is 93.2 Å². The summed E-state index contributed by atoms with van der Waals surface area (Å²) in [6, 6.07) is 10.0. The summed E-state index contributed by atoms with van der Waals surface area (Å²) in [5.41, 5.74) is 5.41. The van der Waals surface area contributed by atoms with Crippen LogP contribution in [0.2, 0.25) is 5.02 Å². The van der Waals surface area contributed by atoms with Gasteiger partial charge in [0.15, 0.2) is 5.82 Å². The van der Waals surface area contributed by atoms with Crippen LogP contribution < -0.4 is 35.8 Å². The standard InChI is InChI=1S/C52H59ClFN12O6P/c1-72-44-27-42(33(31-4-5-31)25-40(44)59-52-57-28-36(53)48(61-52)58-39-7-6-38-46(56-15-14-55-38)47(39)73(2,3)71)64-18-12-32(13-19-64)63-22-20-62(21-23-63)29-30-10-16-65(17-11-30)43-26-35-34(24-37(43)54)50(69)66(51(35)70)41-8-9-45(67)60-49(41)68/h6-7,14-15,24-28,30-32,41H,4-5,8-13,16-23,29H2,1-3H3,(H,60,67,68)(H2,57,58,59,61). The number of aromatic nitrogens is 4. The normalized spacial score (nSPS) is 20.7. The van der Waals surface area contributed by atoms with E-state index in [0.717, 1.165) is 101 Å². The second-order valence-electron chi connectivity index (χ2n) is 20.5. The Balaban J connectivity index is 0.678. The van der Waals surface area contributed by atoms with E-state index in [9.17, 15) is 23.7 Å². The Morgan fingerprint density at radius 2 is 1.49 bits per heavy atom. The molecular weight excluding hydrogens is 974 g/mol. The number of piperidine rings is 3. The molecule has 3 aromatic carbocycles. The first-order valence-electron chi connectivity index (χ1n) is 25.3. The van der Waals surface area contributed by atoms with Gasteiger partial charge in [-0.1, -0.05) is 11.6 Å². The fraction of sp³-hybridized carbons (Fsp3) is 0.462. The quantitative estimate of drug-likeness (QED) is 0.0827. The highest BCUT2D eigenvalue weighted by molar-refractivity contribution is 7.71. The number of nitrogens with one attached hydrogen (secondary N) is 3. The Morgan fingerprint density at radius 3 is 2.19 bits per heavy atom. The Kier molecular flexibility index (Phi) is 13.3. The number of ether oxygens (including phenoxy) is 1. The topological polar surface area (TPSA) is 198 Å². The van der Waals surface area contributed by atoms with Gasteiger partial charge in [0.1, 0.15) is 35.3 Å². The maximum Gasteiger partial charge on any atom is 0.262 e. The Hall–Kier alpha value is -6.27. The molecule has 2 aromatic heterocycles. The molecule has 21 heteroatoms. The van der Waals surface area contributed by atoms with Crippen molar-refractivity contribution in [1.29, 1.82) is 0 Å². The summed E-state index contributed by atoms with van der Waals surface area (Å²) in [6.07, 6.45) is 11.0. The van der Waals surface area contributed by atoms with Crippen LogP contribution in [0.1, 0.15) is 83.6 Å². The van der Waals surface area contributed by atoms with Gasteiger partial charge >= 0.3 is 0 Å². The van der Waals surface area contributed by atoms with Crippen LogP contribution in [-0.4, -0.2) is 150 Å². The molecule has 0 bridgehead atoms. The van der Waals surface area contributed by atoms with Crippen molar-refractivity contribution < 1.29 is 32.9 Å². The second kappa shape index (κ2) is 19.9. The van der Waals surface area contributed by atoms with Crippen LogP contribution in [0.5, 0.6) is 5.75 Å². The molecule has 6 aliphatic rings. The van der Waals surface area contributed by atoms with Gasteiger partial charge < -0.3 is 34.6 Å². The third kappa shape index (κ3) is 9.84. The number of carbonyl (C=O) groups excluding carboxylic acids is 4. The fourth-order valence-corrected chi connectivity index (χ4v) is 13.0. The van der Waals surface area contributed by atoms with E-state index in [1.165, 1.54) is 23.5 Å². The lowest BCUT2D eigenvalue weighted by atomic mass is 9.94. The van der Waals surface area contributed by atoms with E-state index in [1.807, 2.05) is 17.0 Å². The third-order valence-electron chi connectivity index (χ3n) is 15.5. The van der Waals surface area contributed by atoms with Gasteiger partial charge in [0, 0.05) is 95.5 Å². The highest BCUT2D eigenvalue weighted by Gasteiger charge is 2.45. The molecule has 5 fully saturated rings. The van der Waals surface area contributed by atoms with Gasteiger partial charge in [0.25, 0.3) is 11.8 Å². The molecule has 1 unspecified atom stereocenters. The van der Waals surface area contributed by atoms with E-state index in [2.05, 4.69) is 57.7 Å². The van der Waals surface area contributed by atoms with E-state index < -0.39 is 42.6 Å². The van der Waals surface area contributed by atoms with Crippen molar-refractivity contribution in [2.45, 2.75) is 69.4 Å². The minimum Gasteiger partial charge on any atom is -0.494 e. The molecular formula is C52H59ClFN12O6P. The van der Waals surface area contributed by atoms with Crippen LogP contribution in [0.4, 0.5) is 38.9 Å². The fourth-order valence-electron chi connectivity index (χ4n) is 11.5. The highest BCUT2D eigenvalue weighted by atomic mass is 35.5. The number of hydrogen-bond acceptors (Lipinski definition) is 16. The van der Waals surface area contributed by atoms with Crippen LogP contribution in [0.15, 0.2) is 55.0 Å². The summed E-state index contributed by atoms with van der Waals surface area (Å²) in [7, 11) is -1.14. The van der Waals surface area contributed by atoms with Crippen molar-refractivity contribution in [3.05, 3.63) is 82.5 Å². The Morgan fingerprint density at radius 1 is 0.795 bits per heavy atom. The van der Waals surface area contributed by atoms with Gasteiger partial charge in [-0.2, -0.15) is 4.98 Å². The van der Waals surface area contributed by atoms with Crippen molar-refractivity contribution in [2.24, 2.45) is 5.92 Å². The number of anilines is 6. The maximum atomic E-state index is 15.6. The van der Waals surface area contributed by atoms with Crippen molar-refractivity contribution in [1.82, 2.24) is 40.0 Å². The smallest absolute Gasteiger partial charge is 0.262 e. The first-order chi connectivity index (χ1) is 35.2. The van der Waals surface area contributed by atoms with Gasteiger partial charge in [0.05, 0.1) is 52.3 Å². The first kappa shape index (κ1) is 49.0. The molecule has 1 atom stereocenters. The number of amides is 4. The highest BCUT2D eigenvalue weighted by Crippen LogP contribution is 2.49. The number of carbonyl (C=O) groups is 4. The molecule has 11 rings (SSSR count). The molecule has 0 radical (unpaired) electrons. The number of piperazine rings is 1. The molecule has 1 saturated carbocycles. The van der Waals surface area contributed by atoms with Crippen LogP contribution in [0, 0.1) is 11.7 Å². The maximum absolute atomic E-state index is 15.6. The molecule has 0 spiro atoms. The zero-order valence-corrected chi connectivity index (χ0v) is 42.9. The molecule has 18 nitrogen and oxygen atoms in total. The van der Waals surface area contributed by atoms with Crippen LogP contribution >= 0.6 is 18.7 Å². The zero-order valence-electron chi connectivity index (χ0n) is 41.2. The van der Waals surface area contributed by atoms with E-state index in [1.54, 1.807) is 32.8 Å². The minimum absolute atomic E-state index is 0.0221. The van der Waals surface area contributed by atoms with E-state index >= 15 is 4.39 Å². The summed E-state index contributed by atoms with van der Waals surface area (Å²) in [4.78, 5) is 79.6. The van der Waals surface area contributed by atoms with Gasteiger partial charge in [0.2, 0.25) is 17.8 Å². The van der Waals surface area contributed by atoms with Gasteiger partial charge in [-0.25, -0.2) is 9.37 Å². The van der Waals surface area contributed by atoms with Crippen LogP contribution in [0.3, 0.4) is 0 Å². The molecule has 7 heterocycles. The monoisotopic (exact) mass is 1030 g/mol. The van der Waals surface area contributed by atoms with Crippen molar-refractivity contribution in [3.63, 3.8) is 0 Å². The molecule has 4 saturated heterocycles. The largest absolute Gasteiger partial charge is 0.494 e.